The summed E-state index contributed by atoms with van der Waals surface area (Å²) < 4.78 is 0. The number of carbonyl (C=O) groups is 1. The largest absolute Gasteiger partial charge is 0.508 e. The first-order valence-electron chi connectivity index (χ1n) is 11.4. The van der Waals surface area contributed by atoms with Gasteiger partial charge in [-0.3, -0.25) is 4.79 Å². The molecule has 35 heavy (non-hydrogen) atoms. The summed E-state index contributed by atoms with van der Waals surface area (Å²) in [5.74, 6) is 0.751. The summed E-state index contributed by atoms with van der Waals surface area (Å²) in [6.07, 6.45) is 0.394. The number of benzene rings is 3. The Labute approximate surface area is 202 Å². The van der Waals surface area contributed by atoms with E-state index in [-0.39, 0.29) is 17.5 Å². The fourth-order valence-electron chi connectivity index (χ4n) is 4.29. The number of nitrogens with zero attached hydrogens (tertiary/aromatic N) is 4. The minimum Gasteiger partial charge on any atom is -0.508 e. The third-order valence-corrected chi connectivity index (χ3v) is 5.99. The average Bonchev–Trinajstić information content (AvgIpc) is 2.89. The molecule has 3 aromatic carbocycles. The van der Waals surface area contributed by atoms with Gasteiger partial charge in [0, 0.05) is 48.8 Å². The Balaban J connectivity index is 1.52. The van der Waals surface area contributed by atoms with Crippen molar-refractivity contribution in [2.45, 2.75) is 12.5 Å². The highest BCUT2D eigenvalue weighted by molar-refractivity contribution is 6.09. The van der Waals surface area contributed by atoms with E-state index < -0.39 is 5.91 Å². The molecule has 0 radical (unpaired) electrons. The predicted molar refractivity (Wildman–Crippen MR) is 135 cm³/mol. The van der Waals surface area contributed by atoms with Gasteiger partial charge in [0.25, 0.3) is 5.91 Å². The zero-order valence-corrected chi connectivity index (χ0v) is 19.0. The van der Waals surface area contributed by atoms with Crippen molar-refractivity contribution < 1.29 is 9.90 Å². The fraction of sp³-hybridized carbons (Fsp3) is 0.185. The van der Waals surface area contributed by atoms with Gasteiger partial charge in [0.2, 0.25) is 0 Å². The van der Waals surface area contributed by atoms with Crippen molar-refractivity contribution >= 4 is 28.2 Å². The van der Waals surface area contributed by atoms with E-state index >= 15 is 0 Å². The van der Waals surface area contributed by atoms with Crippen molar-refractivity contribution in [2.24, 2.45) is 0 Å². The van der Waals surface area contributed by atoms with Crippen molar-refractivity contribution in [3.05, 3.63) is 78.5 Å². The van der Waals surface area contributed by atoms with Crippen LogP contribution in [0.3, 0.4) is 0 Å². The Bertz CT molecular complexity index is 1420. The predicted octanol–water partition coefficient (Wildman–Crippen LogP) is 3.95. The summed E-state index contributed by atoms with van der Waals surface area (Å²) in [5, 5.41) is 27.2. The number of piperazine rings is 1. The SMILES string of the molecule is N#CCC1CN(c2cc(C(=O)Nc3cc(O)cc4ccccc34)nc(-c3ccccc3)n2)CCN1. The van der Waals surface area contributed by atoms with Gasteiger partial charge in [-0.25, -0.2) is 9.97 Å². The maximum Gasteiger partial charge on any atom is 0.274 e. The highest BCUT2D eigenvalue weighted by Crippen LogP contribution is 2.29. The summed E-state index contributed by atoms with van der Waals surface area (Å²) in [6, 6.07) is 24.2. The minimum absolute atomic E-state index is 0.0276. The summed E-state index contributed by atoms with van der Waals surface area (Å²) in [7, 11) is 0. The van der Waals surface area contributed by atoms with Crippen molar-refractivity contribution in [3.8, 4) is 23.2 Å². The molecule has 1 atom stereocenters. The fourth-order valence-corrected chi connectivity index (χ4v) is 4.29. The van der Waals surface area contributed by atoms with Gasteiger partial charge in [0.1, 0.15) is 17.3 Å². The molecule has 1 aliphatic heterocycles. The Morgan fingerprint density at radius 1 is 1.11 bits per heavy atom. The molecular weight excluding hydrogens is 440 g/mol. The van der Waals surface area contributed by atoms with Gasteiger partial charge >= 0.3 is 0 Å². The first-order valence-corrected chi connectivity index (χ1v) is 11.4. The van der Waals surface area contributed by atoms with Crippen LogP contribution in [0.1, 0.15) is 16.9 Å². The number of aromatic nitrogens is 2. The highest BCUT2D eigenvalue weighted by Gasteiger charge is 2.23. The number of hydrogen-bond donors (Lipinski definition) is 3. The minimum atomic E-state index is -0.398. The maximum absolute atomic E-state index is 13.4. The van der Waals surface area contributed by atoms with Gasteiger partial charge in [-0.2, -0.15) is 5.26 Å². The number of amides is 1. The number of nitrogens with one attached hydrogen (secondary N) is 2. The van der Waals surface area contributed by atoms with Crippen LogP contribution in [0.2, 0.25) is 0 Å². The second-order valence-electron chi connectivity index (χ2n) is 8.43. The van der Waals surface area contributed by atoms with E-state index in [1.165, 1.54) is 6.07 Å². The lowest BCUT2D eigenvalue weighted by Crippen LogP contribution is -2.51. The number of carbonyl (C=O) groups excluding carboxylic acids is 1. The molecule has 4 aromatic rings. The van der Waals surface area contributed by atoms with E-state index in [4.69, 9.17) is 10.2 Å². The second-order valence-corrected chi connectivity index (χ2v) is 8.43. The molecule has 1 aliphatic rings. The lowest BCUT2D eigenvalue weighted by molar-refractivity contribution is 0.102. The van der Waals surface area contributed by atoms with Crippen LogP contribution in [0.5, 0.6) is 5.75 Å². The summed E-state index contributed by atoms with van der Waals surface area (Å²) in [5.41, 5.74) is 1.52. The van der Waals surface area contributed by atoms with E-state index in [2.05, 4.69) is 26.6 Å². The Hall–Kier alpha value is -4.48. The lowest BCUT2D eigenvalue weighted by Gasteiger charge is -2.33. The average molecular weight is 465 g/mol. The van der Waals surface area contributed by atoms with Gasteiger partial charge in [-0.15, -0.1) is 0 Å². The van der Waals surface area contributed by atoms with Gasteiger partial charge in [-0.1, -0.05) is 54.6 Å². The third kappa shape index (κ3) is 4.90. The van der Waals surface area contributed by atoms with Crippen molar-refractivity contribution in [3.63, 3.8) is 0 Å². The topological polar surface area (TPSA) is 114 Å². The molecule has 1 saturated heterocycles. The van der Waals surface area contributed by atoms with Crippen molar-refractivity contribution in [1.29, 1.82) is 5.26 Å². The zero-order valence-electron chi connectivity index (χ0n) is 19.0. The molecule has 1 fully saturated rings. The number of nitriles is 1. The van der Waals surface area contributed by atoms with Crippen molar-refractivity contribution in [2.75, 3.05) is 29.9 Å². The van der Waals surface area contributed by atoms with E-state index in [1.54, 1.807) is 12.1 Å². The first-order chi connectivity index (χ1) is 17.1. The van der Waals surface area contributed by atoms with Crippen molar-refractivity contribution in [1.82, 2.24) is 15.3 Å². The quantitative estimate of drug-likeness (QED) is 0.410. The van der Waals surface area contributed by atoms with Gasteiger partial charge in [0.15, 0.2) is 5.82 Å². The molecule has 1 aromatic heterocycles. The lowest BCUT2D eigenvalue weighted by atomic mass is 10.1. The molecular formula is C27H24N6O2. The molecule has 1 amide bonds. The number of rotatable bonds is 5. The normalized spacial score (nSPS) is 15.5. The van der Waals surface area contributed by atoms with Crippen LogP contribution in [0, 0.1) is 11.3 Å². The monoisotopic (exact) mass is 464 g/mol. The number of anilines is 2. The highest BCUT2D eigenvalue weighted by atomic mass is 16.3. The van der Waals surface area contributed by atoms with Crippen LogP contribution in [-0.4, -0.2) is 46.7 Å². The van der Waals surface area contributed by atoms with Crippen LogP contribution in [0.15, 0.2) is 72.8 Å². The molecule has 8 nitrogen and oxygen atoms in total. The van der Waals surface area contributed by atoms with Gasteiger partial charge < -0.3 is 20.6 Å². The van der Waals surface area contributed by atoms with E-state index in [0.29, 0.717) is 43.4 Å². The molecule has 5 rings (SSSR count). The first kappa shape index (κ1) is 22.3. The molecule has 3 N–H and O–H groups in total. The van der Waals surface area contributed by atoms with Crippen LogP contribution < -0.4 is 15.5 Å². The molecule has 2 heterocycles. The van der Waals surface area contributed by atoms with E-state index in [0.717, 1.165) is 16.3 Å². The summed E-state index contributed by atoms with van der Waals surface area (Å²) >= 11 is 0. The number of fused-ring (bicyclic) bond motifs is 1. The van der Waals surface area contributed by atoms with Gasteiger partial charge in [-0.05, 0) is 11.5 Å². The molecule has 0 bridgehead atoms. The summed E-state index contributed by atoms with van der Waals surface area (Å²) in [4.78, 5) is 24.8. The molecule has 0 aliphatic carbocycles. The Morgan fingerprint density at radius 3 is 2.74 bits per heavy atom. The number of phenolic OH excluding ortho intramolecular Hbond substituents is 1. The summed E-state index contributed by atoms with van der Waals surface area (Å²) in [6.45, 7) is 2.02. The number of hydrogen-bond acceptors (Lipinski definition) is 7. The molecule has 0 spiro atoms. The second kappa shape index (κ2) is 9.79. The molecule has 1 unspecified atom stereocenters. The maximum atomic E-state index is 13.4. The third-order valence-electron chi connectivity index (χ3n) is 5.99. The molecule has 0 saturated carbocycles. The number of phenols is 1. The van der Waals surface area contributed by atoms with Crippen LogP contribution >= 0.6 is 0 Å². The molecule has 8 heteroatoms. The van der Waals surface area contributed by atoms with Crippen LogP contribution in [-0.2, 0) is 0 Å². The van der Waals surface area contributed by atoms with E-state index in [1.807, 2.05) is 54.6 Å². The van der Waals surface area contributed by atoms with Crippen LogP contribution in [0.4, 0.5) is 11.5 Å². The molecule has 174 valence electrons. The standard InChI is InChI=1S/C27H24N6O2/c28-11-10-20-17-33(13-12-29-20)25-16-24(30-26(32-25)18-6-2-1-3-7-18)27(35)31-23-15-21(34)14-19-8-4-5-9-22(19)23/h1-9,14-16,20,29,34H,10,12-13,17H2,(H,31,35). The Morgan fingerprint density at radius 2 is 1.91 bits per heavy atom. The van der Waals surface area contributed by atoms with E-state index in [9.17, 15) is 9.90 Å². The van der Waals surface area contributed by atoms with Gasteiger partial charge in [0.05, 0.1) is 18.2 Å². The number of aromatic hydroxyl groups is 1. The zero-order chi connectivity index (χ0) is 24.2. The smallest absolute Gasteiger partial charge is 0.274 e. The Kier molecular flexibility index (Phi) is 6.24. The van der Waals surface area contributed by atoms with Crippen LogP contribution in [0.25, 0.3) is 22.2 Å².